The molecule has 21 heavy (non-hydrogen) atoms. The molecule has 0 amide bonds. The van der Waals surface area contributed by atoms with Crippen LogP contribution >= 0.6 is 6.57 Å². The van der Waals surface area contributed by atoms with E-state index in [1.807, 2.05) is 55.6 Å². The summed E-state index contributed by atoms with van der Waals surface area (Å²) in [5.41, 5.74) is 2.19. The number of rotatable bonds is 3. The Morgan fingerprint density at radius 1 is 1.05 bits per heavy atom. The second-order valence-corrected chi connectivity index (χ2v) is 8.84. The van der Waals surface area contributed by atoms with Gasteiger partial charge in [0, 0.05) is 11.7 Å². The molecule has 1 N–H and O–H groups in total. The van der Waals surface area contributed by atoms with E-state index in [1.54, 1.807) is 0 Å². The van der Waals surface area contributed by atoms with Crippen molar-refractivity contribution in [3.8, 4) is 0 Å². The molecule has 0 unspecified atom stereocenters. The highest BCUT2D eigenvalue weighted by molar-refractivity contribution is 8.11. The fourth-order valence-corrected chi connectivity index (χ4v) is 5.60. The molecule has 1 saturated heterocycles. The Morgan fingerprint density at radius 3 is 2.24 bits per heavy atom. The number of anilines is 1. The number of nitrogens with zero attached hydrogens (tertiary/aromatic N) is 1. The molecular weight excluding hydrogens is 299 g/mol. The Balaban J connectivity index is 1.86. The maximum Gasteiger partial charge on any atom is 0.226 e. The number of likely N-dealkylation sites (N-methyl/N-ethyl adjacent to an activating group) is 1. The van der Waals surface area contributed by atoms with Crippen molar-refractivity contribution in [3.05, 3.63) is 66.2 Å². The first-order valence-electron chi connectivity index (χ1n) is 7.00. The summed E-state index contributed by atoms with van der Waals surface area (Å²) in [7, 11) is 2.05. The van der Waals surface area contributed by atoms with Crippen molar-refractivity contribution in [1.29, 1.82) is 0 Å². The molecule has 1 aliphatic heterocycles. The molecule has 0 saturated carbocycles. The standard InChI is InChI=1S/C16H19N2OPS/c1-13-16(14-9-5-3-6-10-14)19-20(21,18(13)2)17-15-11-7-4-8-12-15/h3-13,16H,1-2H3,(H,17,21)/t13-,16-,20+/m0/s1. The van der Waals surface area contributed by atoms with Gasteiger partial charge in [-0.25, -0.2) is 4.67 Å². The van der Waals surface area contributed by atoms with Crippen LogP contribution in [0.5, 0.6) is 0 Å². The van der Waals surface area contributed by atoms with Gasteiger partial charge in [0.15, 0.2) is 0 Å². The van der Waals surface area contributed by atoms with Gasteiger partial charge in [0.05, 0.1) is 0 Å². The van der Waals surface area contributed by atoms with Crippen molar-refractivity contribution in [2.75, 3.05) is 12.1 Å². The monoisotopic (exact) mass is 318 g/mol. The van der Waals surface area contributed by atoms with E-state index in [0.29, 0.717) is 0 Å². The van der Waals surface area contributed by atoms with Gasteiger partial charge < -0.3 is 9.61 Å². The largest absolute Gasteiger partial charge is 0.325 e. The highest BCUT2D eigenvalue weighted by atomic mass is 32.5. The molecule has 5 heteroatoms. The number of nitrogens with one attached hydrogen (secondary N) is 1. The molecule has 3 rings (SSSR count). The third kappa shape index (κ3) is 2.90. The molecular formula is C16H19N2OPS. The summed E-state index contributed by atoms with van der Waals surface area (Å²) >= 11 is 5.83. The molecule has 1 aliphatic rings. The molecule has 0 aliphatic carbocycles. The number of benzene rings is 2. The van der Waals surface area contributed by atoms with Crippen LogP contribution in [0.4, 0.5) is 5.69 Å². The molecule has 1 heterocycles. The Bertz CT molecular complexity index is 650. The zero-order valence-corrected chi connectivity index (χ0v) is 13.9. The van der Waals surface area contributed by atoms with Crippen molar-refractivity contribution in [2.24, 2.45) is 0 Å². The smallest absolute Gasteiger partial charge is 0.226 e. The highest BCUT2D eigenvalue weighted by Gasteiger charge is 2.43. The summed E-state index contributed by atoms with van der Waals surface area (Å²) in [6, 6.07) is 20.6. The zero-order valence-electron chi connectivity index (χ0n) is 12.1. The summed E-state index contributed by atoms with van der Waals surface area (Å²) < 4.78 is 8.48. The lowest BCUT2D eigenvalue weighted by Gasteiger charge is -2.25. The van der Waals surface area contributed by atoms with Crippen molar-refractivity contribution >= 4 is 24.1 Å². The lowest BCUT2D eigenvalue weighted by atomic mass is 10.0. The zero-order chi connectivity index (χ0) is 14.9. The maximum absolute atomic E-state index is 6.30. The number of hydrogen-bond donors (Lipinski definition) is 1. The fraction of sp³-hybridized carbons (Fsp3) is 0.250. The number of hydrogen-bond acceptors (Lipinski definition) is 2. The molecule has 2 aromatic carbocycles. The van der Waals surface area contributed by atoms with Gasteiger partial charge in [0.2, 0.25) is 6.57 Å². The topological polar surface area (TPSA) is 24.5 Å². The summed E-state index contributed by atoms with van der Waals surface area (Å²) in [6.45, 7) is -0.0790. The summed E-state index contributed by atoms with van der Waals surface area (Å²) in [5, 5.41) is 3.43. The van der Waals surface area contributed by atoms with Crippen LogP contribution in [0.15, 0.2) is 60.7 Å². The number of para-hydroxylation sites is 1. The van der Waals surface area contributed by atoms with Gasteiger partial charge in [-0.2, -0.15) is 0 Å². The first-order valence-corrected chi connectivity index (χ1v) is 9.67. The molecule has 2 aromatic rings. The first-order chi connectivity index (χ1) is 10.1. The average Bonchev–Trinajstić information content (AvgIpc) is 2.74. The van der Waals surface area contributed by atoms with Crippen LogP contribution in [0, 0.1) is 0 Å². The molecule has 0 bridgehead atoms. The van der Waals surface area contributed by atoms with Gasteiger partial charge in [-0.1, -0.05) is 48.5 Å². The summed E-state index contributed by atoms with van der Waals surface area (Å²) in [4.78, 5) is 0. The van der Waals surface area contributed by atoms with Crippen LogP contribution in [0.25, 0.3) is 0 Å². The molecule has 3 nitrogen and oxygen atoms in total. The van der Waals surface area contributed by atoms with E-state index in [-0.39, 0.29) is 12.1 Å². The Morgan fingerprint density at radius 2 is 1.62 bits per heavy atom. The summed E-state index contributed by atoms with van der Waals surface area (Å²) in [5.74, 6) is 0. The Hall–Kier alpha value is -1.19. The predicted octanol–water partition coefficient (Wildman–Crippen LogP) is 4.41. The predicted molar refractivity (Wildman–Crippen MR) is 91.8 cm³/mol. The third-order valence-corrected chi connectivity index (χ3v) is 7.42. The van der Waals surface area contributed by atoms with E-state index in [0.717, 1.165) is 5.69 Å². The fourth-order valence-electron chi connectivity index (χ4n) is 2.52. The van der Waals surface area contributed by atoms with E-state index >= 15 is 0 Å². The maximum atomic E-state index is 6.30. The normalized spacial score (nSPS) is 29.4. The first kappa shape index (κ1) is 14.7. The van der Waals surface area contributed by atoms with E-state index in [4.69, 9.17) is 16.3 Å². The van der Waals surface area contributed by atoms with Crippen molar-refractivity contribution < 1.29 is 4.52 Å². The second-order valence-electron chi connectivity index (χ2n) is 5.25. The molecule has 0 spiro atoms. The third-order valence-electron chi connectivity index (χ3n) is 3.87. The lowest BCUT2D eigenvalue weighted by Crippen LogP contribution is -2.24. The average molecular weight is 318 g/mol. The van der Waals surface area contributed by atoms with Gasteiger partial charge in [0.1, 0.15) is 6.10 Å². The van der Waals surface area contributed by atoms with Gasteiger partial charge >= 0.3 is 0 Å². The van der Waals surface area contributed by atoms with E-state index in [2.05, 4.69) is 28.8 Å². The molecule has 1 fully saturated rings. The summed E-state index contributed by atoms with van der Waals surface area (Å²) in [6.07, 6.45) is 0.0123. The lowest BCUT2D eigenvalue weighted by molar-refractivity contribution is 0.217. The van der Waals surface area contributed by atoms with Gasteiger partial charge in [-0.05, 0) is 43.5 Å². The van der Waals surface area contributed by atoms with E-state index in [1.165, 1.54) is 5.56 Å². The molecule has 0 radical (unpaired) electrons. The molecule has 110 valence electrons. The van der Waals surface area contributed by atoms with E-state index < -0.39 is 6.57 Å². The SMILES string of the molecule is C[C@H]1[C@@H](c2ccccc2)O[P@@](=S)(Nc2ccccc2)N1C. The van der Waals surface area contributed by atoms with Gasteiger partial charge in [0.25, 0.3) is 0 Å². The van der Waals surface area contributed by atoms with Gasteiger partial charge in [-0.3, -0.25) is 0 Å². The minimum atomic E-state index is -2.24. The van der Waals surface area contributed by atoms with Crippen LogP contribution in [-0.2, 0) is 16.3 Å². The van der Waals surface area contributed by atoms with Crippen molar-refractivity contribution in [2.45, 2.75) is 19.1 Å². The minimum absolute atomic E-state index is 0.0123. The minimum Gasteiger partial charge on any atom is -0.325 e. The van der Waals surface area contributed by atoms with Crippen LogP contribution in [0.3, 0.4) is 0 Å². The highest BCUT2D eigenvalue weighted by Crippen LogP contribution is 2.61. The van der Waals surface area contributed by atoms with Crippen LogP contribution in [-0.4, -0.2) is 17.8 Å². The van der Waals surface area contributed by atoms with Gasteiger partial charge in [-0.15, -0.1) is 0 Å². The quantitative estimate of drug-likeness (QED) is 0.847. The molecule has 0 aromatic heterocycles. The van der Waals surface area contributed by atoms with E-state index in [9.17, 15) is 0 Å². The van der Waals surface area contributed by atoms with Crippen LogP contribution < -0.4 is 5.09 Å². The Kier molecular flexibility index (Phi) is 4.14. The van der Waals surface area contributed by atoms with Crippen LogP contribution in [0.1, 0.15) is 18.6 Å². The van der Waals surface area contributed by atoms with Crippen molar-refractivity contribution in [1.82, 2.24) is 4.67 Å². The van der Waals surface area contributed by atoms with Crippen molar-refractivity contribution in [3.63, 3.8) is 0 Å². The molecule has 3 atom stereocenters. The Labute approximate surface area is 131 Å². The second kappa shape index (κ2) is 5.90. The van der Waals surface area contributed by atoms with Crippen LogP contribution in [0.2, 0.25) is 0 Å².